The number of hydrogen-bond acceptors (Lipinski definition) is 2. The van der Waals surface area contributed by atoms with Gasteiger partial charge in [0.25, 0.3) is 0 Å². The maximum Gasteiger partial charge on any atom is 0.133 e. The van der Waals surface area contributed by atoms with Gasteiger partial charge in [-0.2, -0.15) is 0 Å². The molecule has 88 valence electrons. The molecule has 1 aliphatic rings. The zero-order chi connectivity index (χ0) is 11.8. The van der Waals surface area contributed by atoms with Crippen LogP contribution in [0.4, 0.5) is 8.78 Å². The van der Waals surface area contributed by atoms with Crippen molar-refractivity contribution in [3.63, 3.8) is 0 Å². The van der Waals surface area contributed by atoms with Crippen LogP contribution >= 0.6 is 0 Å². The summed E-state index contributed by atoms with van der Waals surface area (Å²) < 4.78 is 32.1. The number of likely N-dealkylation sites (N-methyl/N-ethyl adjacent to an activating group) is 1. The summed E-state index contributed by atoms with van der Waals surface area (Å²) in [5, 5.41) is 3.12. The normalized spacial score (nSPS) is 17.2. The second-order valence-corrected chi connectivity index (χ2v) is 4.28. The maximum atomic E-state index is 13.6. The van der Waals surface area contributed by atoms with Crippen LogP contribution < -0.4 is 10.1 Å². The standard InChI is InChI=1S/C12H15F2NO/c1-15-12(3-4-12)7-9-10(13)5-8(16-2)6-11(9)14/h5-6,15H,3-4,7H2,1-2H3. The van der Waals surface area contributed by atoms with Crippen molar-refractivity contribution in [3.05, 3.63) is 29.3 Å². The molecule has 0 atom stereocenters. The third-order valence-corrected chi connectivity index (χ3v) is 3.25. The molecule has 16 heavy (non-hydrogen) atoms. The highest BCUT2D eigenvalue weighted by Crippen LogP contribution is 2.39. The molecule has 0 spiro atoms. The predicted molar refractivity (Wildman–Crippen MR) is 57.6 cm³/mol. The molecular formula is C12H15F2NO. The molecule has 0 amide bonds. The molecule has 1 aliphatic carbocycles. The molecule has 2 rings (SSSR count). The Morgan fingerprint density at radius 1 is 1.31 bits per heavy atom. The molecule has 4 heteroatoms. The van der Waals surface area contributed by atoms with Crippen molar-refractivity contribution in [2.75, 3.05) is 14.2 Å². The predicted octanol–water partition coefficient (Wildman–Crippen LogP) is 2.27. The summed E-state index contributed by atoms with van der Waals surface area (Å²) in [5.41, 5.74) is 0.0450. The van der Waals surface area contributed by atoms with Crippen molar-refractivity contribution in [3.8, 4) is 5.75 Å². The van der Waals surface area contributed by atoms with Gasteiger partial charge in [0.2, 0.25) is 0 Å². The SMILES string of the molecule is CNC1(Cc2c(F)cc(OC)cc2F)CC1. The van der Waals surface area contributed by atoms with Crippen molar-refractivity contribution in [2.45, 2.75) is 24.8 Å². The average Bonchev–Trinajstić information content (AvgIpc) is 3.04. The first-order valence-electron chi connectivity index (χ1n) is 5.31. The van der Waals surface area contributed by atoms with Crippen molar-refractivity contribution in [2.24, 2.45) is 0 Å². The smallest absolute Gasteiger partial charge is 0.133 e. The molecule has 0 radical (unpaired) electrons. The lowest BCUT2D eigenvalue weighted by Gasteiger charge is -2.15. The van der Waals surface area contributed by atoms with E-state index >= 15 is 0 Å². The fraction of sp³-hybridized carbons (Fsp3) is 0.500. The van der Waals surface area contributed by atoms with Gasteiger partial charge in [0.05, 0.1) is 7.11 Å². The summed E-state index contributed by atoms with van der Waals surface area (Å²) in [4.78, 5) is 0. The van der Waals surface area contributed by atoms with E-state index in [1.165, 1.54) is 19.2 Å². The minimum atomic E-state index is -0.529. The van der Waals surface area contributed by atoms with E-state index in [0.29, 0.717) is 6.42 Å². The molecular weight excluding hydrogens is 212 g/mol. The molecule has 0 aromatic heterocycles. The van der Waals surface area contributed by atoms with Gasteiger partial charge in [0.1, 0.15) is 17.4 Å². The van der Waals surface area contributed by atoms with E-state index in [1.807, 2.05) is 7.05 Å². The molecule has 0 heterocycles. The Hall–Kier alpha value is -1.16. The molecule has 0 bridgehead atoms. The lowest BCUT2D eigenvalue weighted by Crippen LogP contribution is -2.30. The molecule has 1 aromatic carbocycles. The summed E-state index contributed by atoms with van der Waals surface area (Å²) in [6.45, 7) is 0. The monoisotopic (exact) mass is 227 g/mol. The summed E-state index contributed by atoms with van der Waals surface area (Å²) in [6, 6.07) is 2.45. The lowest BCUT2D eigenvalue weighted by molar-refractivity contribution is 0.403. The van der Waals surface area contributed by atoms with Crippen LogP contribution in [0, 0.1) is 11.6 Å². The van der Waals surface area contributed by atoms with Crippen molar-refractivity contribution >= 4 is 0 Å². The zero-order valence-corrected chi connectivity index (χ0v) is 9.44. The summed E-state index contributed by atoms with van der Waals surface area (Å²) in [6.07, 6.45) is 2.33. The highest BCUT2D eigenvalue weighted by Gasteiger charge is 2.42. The first kappa shape index (κ1) is 11.3. The fourth-order valence-corrected chi connectivity index (χ4v) is 1.87. The Labute approximate surface area is 93.6 Å². The Bertz CT molecular complexity index is 379. The third kappa shape index (κ3) is 2.02. The first-order chi connectivity index (χ1) is 7.60. The van der Waals surface area contributed by atoms with E-state index in [0.717, 1.165) is 12.8 Å². The quantitative estimate of drug-likeness (QED) is 0.852. The Morgan fingerprint density at radius 3 is 2.25 bits per heavy atom. The Balaban J connectivity index is 2.27. The van der Waals surface area contributed by atoms with Gasteiger partial charge in [-0.3, -0.25) is 0 Å². The maximum absolute atomic E-state index is 13.6. The Kier molecular flexibility index (Phi) is 2.84. The molecule has 1 N–H and O–H groups in total. The number of rotatable bonds is 4. The molecule has 0 aliphatic heterocycles. The van der Waals surface area contributed by atoms with E-state index in [1.54, 1.807) is 0 Å². The van der Waals surface area contributed by atoms with Crippen LogP contribution in [0.25, 0.3) is 0 Å². The molecule has 2 nitrogen and oxygen atoms in total. The second kappa shape index (κ2) is 4.01. The number of halogens is 2. The molecule has 0 unspecified atom stereocenters. The van der Waals surface area contributed by atoms with Crippen LogP contribution in [-0.2, 0) is 6.42 Å². The number of ether oxygens (including phenoxy) is 1. The van der Waals surface area contributed by atoms with Crippen LogP contribution in [0.5, 0.6) is 5.75 Å². The van der Waals surface area contributed by atoms with Crippen molar-refractivity contribution in [1.82, 2.24) is 5.32 Å². The van der Waals surface area contributed by atoms with E-state index in [9.17, 15) is 8.78 Å². The molecule has 1 saturated carbocycles. The number of benzene rings is 1. The van der Waals surface area contributed by atoms with Gasteiger partial charge < -0.3 is 10.1 Å². The van der Waals surface area contributed by atoms with E-state index < -0.39 is 11.6 Å². The lowest BCUT2D eigenvalue weighted by atomic mass is 10.0. The second-order valence-electron chi connectivity index (χ2n) is 4.28. The van der Waals surface area contributed by atoms with E-state index in [4.69, 9.17) is 4.74 Å². The number of nitrogens with one attached hydrogen (secondary N) is 1. The van der Waals surface area contributed by atoms with Crippen LogP contribution in [0.3, 0.4) is 0 Å². The van der Waals surface area contributed by atoms with Gasteiger partial charge in [-0.05, 0) is 26.3 Å². The first-order valence-corrected chi connectivity index (χ1v) is 5.31. The minimum Gasteiger partial charge on any atom is -0.497 e. The largest absolute Gasteiger partial charge is 0.497 e. The molecule has 0 saturated heterocycles. The van der Waals surface area contributed by atoms with Gasteiger partial charge in [-0.25, -0.2) is 8.78 Å². The number of methoxy groups -OCH3 is 1. The fourth-order valence-electron chi connectivity index (χ4n) is 1.87. The summed E-state index contributed by atoms with van der Waals surface area (Å²) in [5.74, 6) is -0.843. The highest BCUT2D eigenvalue weighted by molar-refractivity contribution is 5.32. The average molecular weight is 227 g/mol. The van der Waals surface area contributed by atoms with Gasteiger partial charge in [-0.15, -0.1) is 0 Å². The number of hydrogen-bond donors (Lipinski definition) is 1. The summed E-state index contributed by atoms with van der Waals surface area (Å²) >= 11 is 0. The van der Waals surface area contributed by atoms with E-state index in [-0.39, 0.29) is 16.9 Å². The van der Waals surface area contributed by atoms with E-state index in [2.05, 4.69) is 5.32 Å². The van der Waals surface area contributed by atoms with Crippen LogP contribution in [0.15, 0.2) is 12.1 Å². The third-order valence-electron chi connectivity index (χ3n) is 3.25. The highest BCUT2D eigenvalue weighted by atomic mass is 19.1. The molecule has 1 fully saturated rings. The van der Waals surface area contributed by atoms with Crippen molar-refractivity contribution in [1.29, 1.82) is 0 Å². The van der Waals surface area contributed by atoms with Gasteiger partial charge in [-0.1, -0.05) is 0 Å². The summed E-state index contributed by atoms with van der Waals surface area (Å²) in [7, 11) is 3.22. The van der Waals surface area contributed by atoms with Gasteiger partial charge in [0.15, 0.2) is 0 Å². The van der Waals surface area contributed by atoms with Crippen LogP contribution in [0.2, 0.25) is 0 Å². The Morgan fingerprint density at radius 2 is 1.88 bits per heavy atom. The van der Waals surface area contributed by atoms with Crippen LogP contribution in [0.1, 0.15) is 18.4 Å². The topological polar surface area (TPSA) is 21.3 Å². The minimum absolute atomic E-state index is 0.101. The zero-order valence-electron chi connectivity index (χ0n) is 9.44. The van der Waals surface area contributed by atoms with Gasteiger partial charge >= 0.3 is 0 Å². The van der Waals surface area contributed by atoms with Crippen LogP contribution in [-0.4, -0.2) is 19.7 Å². The van der Waals surface area contributed by atoms with Crippen molar-refractivity contribution < 1.29 is 13.5 Å². The molecule has 1 aromatic rings. The van der Waals surface area contributed by atoms with Gasteiger partial charge in [0, 0.05) is 23.2 Å².